The highest BCUT2D eigenvalue weighted by Crippen LogP contribution is 2.39. The SMILES string of the molecule is O=C1CO[C@H]2CCN(C(=O)N3CCC4(CC3)C[C@H](CNS(=O)(=O)c3ccccc3)CO4)C[C@H]2N1. The van der Waals surface area contributed by atoms with E-state index in [1.54, 1.807) is 30.3 Å². The number of nitrogens with one attached hydrogen (secondary N) is 2. The van der Waals surface area contributed by atoms with Gasteiger partial charge in [-0.15, -0.1) is 0 Å². The van der Waals surface area contributed by atoms with Crippen molar-refractivity contribution in [1.82, 2.24) is 19.8 Å². The average molecular weight is 493 g/mol. The third-order valence-corrected chi connectivity index (χ3v) is 8.88. The van der Waals surface area contributed by atoms with Crippen LogP contribution < -0.4 is 10.0 Å². The summed E-state index contributed by atoms with van der Waals surface area (Å²) in [5, 5.41) is 2.94. The molecule has 4 aliphatic heterocycles. The van der Waals surface area contributed by atoms with Crippen molar-refractivity contribution in [3.63, 3.8) is 0 Å². The van der Waals surface area contributed by atoms with Gasteiger partial charge in [0, 0.05) is 32.7 Å². The Labute approximate surface area is 200 Å². The maximum Gasteiger partial charge on any atom is 0.320 e. The lowest BCUT2D eigenvalue weighted by Crippen LogP contribution is -2.63. The Morgan fingerprint density at radius 1 is 1.15 bits per heavy atom. The molecule has 186 valence electrons. The van der Waals surface area contributed by atoms with Gasteiger partial charge in [-0.1, -0.05) is 18.2 Å². The second-order valence-corrected chi connectivity index (χ2v) is 11.5. The highest BCUT2D eigenvalue weighted by atomic mass is 32.2. The number of fused-ring (bicyclic) bond motifs is 1. The van der Waals surface area contributed by atoms with Crippen LogP contribution in [0.2, 0.25) is 0 Å². The van der Waals surface area contributed by atoms with Crippen LogP contribution in [0.25, 0.3) is 0 Å². The molecule has 10 nitrogen and oxygen atoms in total. The van der Waals surface area contributed by atoms with Gasteiger partial charge in [-0.2, -0.15) is 0 Å². The van der Waals surface area contributed by atoms with Gasteiger partial charge in [-0.05, 0) is 43.7 Å². The highest BCUT2D eigenvalue weighted by Gasteiger charge is 2.45. The summed E-state index contributed by atoms with van der Waals surface area (Å²) >= 11 is 0. The predicted octanol–water partition coefficient (Wildman–Crippen LogP) is 0.545. The fourth-order valence-corrected chi connectivity index (χ4v) is 6.64. The number of sulfonamides is 1. The van der Waals surface area contributed by atoms with Crippen molar-refractivity contribution in [2.75, 3.05) is 45.9 Å². The molecule has 0 radical (unpaired) electrons. The van der Waals surface area contributed by atoms with E-state index in [9.17, 15) is 18.0 Å². The molecule has 0 bridgehead atoms. The number of ether oxygens (including phenoxy) is 2. The van der Waals surface area contributed by atoms with Crippen LogP contribution in [0.5, 0.6) is 0 Å². The lowest BCUT2D eigenvalue weighted by atomic mass is 9.85. The Kier molecular flexibility index (Phi) is 6.54. The van der Waals surface area contributed by atoms with Crippen molar-refractivity contribution in [1.29, 1.82) is 0 Å². The molecule has 0 aromatic heterocycles. The van der Waals surface area contributed by atoms with Crippen molar-refractivity contribution < 1.29 is 27.5 Å². The normalized spacial score (nSPS) is 29.1. The van der Waals surface area contributed by atoms with Gasteiger partial charge < -0.3 is 24.6 Å². The van der Waals surface area contributed by atoms with Crippen molar-refractivity contribution in [3.05, 3.63) is 30.3 Å². The van der Waals surface area contributed by atoms with E-state index in [4.69, 9.17) is 9.47 Å². The quantitative estimate of drug-likeness (QED) is 0.634. The second kappa shape index (κ2) is 9.44. The molecule has 4 aliphatic rings. The van der Waals surface area contributed by atoms with Crippen molar-refractivity contribution in [2.24, 2.45) is 5.92 Å². The summed E-state index contributed by atoms with van der Waals surface area (Å²) in [6, 6.07) is 8.22. The highest BCUT2D eigenvalue weighted by molar-refractivity contribution is 7.89. The Balaban J connectivity index is 1.10. The van der Waals surface area contributed by atoms with Crippen molar-refractivity contribution in [2.45, 2.75) is 48.3 Å². The topological polar surface area (TPSA) is 117 Å². The molecule has 1 aromatic rings. The zero-order valence-electron chi connectivity index (χ0n) is 19.1. The summed E-state index contributed by atoms with van der Waals surface area (Å²) < 4.78 is 39.5. The molecule has 0 saturated carbocycles. The maximum atomic E-state index is 13.1. The average Bonchev–Trinajstić information content (AvgIpc) is 3.25. The Hall–Kier alpha value is -2.21. The second-order valence-electron chi connectivity index (χ2n) is 9.76. The molecule has 0 unspecified atom stereocenters. The van der Waals surface area contributed by atoms with Gasteiger partial charge in [-0.25, -0.2) is 17.9 Å². The van der Waals surface area contributed by atoms with E-state index in [1.807, 2.05) is 9.80 Å². The van der Waals surface area contributed by atoms with Gasteiger partial charge >= 0.3 is 6.03 Å². The molecule has 3 amide bonds. The van der Waals surface area contributed by atoms with Crippen LogP contribution in [0.1, 0.15) is 25.7 Å². The van der Waals surface area contributed by atoms with E-state index in [-0.39, 0.29) is 47.1 Å². The molecule has 4 fully saturated rings. The number of likely N-dealkylation sites (tertiary alicyclic amines) is 2. The van der Waals surface area contributed by atoms with E-state index in [0.29, 0.717) is 39.3 Å². The molecule has 5 rings (SSSR count). The first-order valence-electron chi connectivity index (χ1n) is 12.0. The Morgan fingerprint density at radius 2 is 1.91 bits per heavy atom. The lowest BCUT2D eigenvalue weighted by Gasteiger charge is -2.44. The zero-order valence-corrected chi connectivity index (χ0v) is 20.0. The summed E-state index contributed by atoms with van der Waals surface area (Å²) in [7, 11) is -3.53. The van der Waals surface area contributed by atoms with Crippen molar-refractivity contribution >= 4 is 22.0 Å². The predicted molar refractivity (Wildman–Crippen MR) is 122 cm³/mol. The fourth-order valence-electron chi connectivity index (χ4n) is 5.51. The molecule has 2 N–H and O–H groups in total. The van der Waals surface area contributed by atoms with Crippen LogP contribution in [0.3, 0.4) is 0 Å². The minimum Gasteiger partial charge on any atom is -0.375 e. The maximum absolute atomic E-state index is 13.1. The van der Waals surface area contributed by atoms with Crippen LogP contribution in [-0.2, 0) is 24.3 Å². The number of hydrogen-bond donors (Lipinski definition) is 2. The first-order valence-corrected chi connectivity index (χ1v) is 13.5. The summed E-state index contributed by atoms with van der Waals surface area (Å²) in [6.07, 6.45) is 2.96. The van der Waals surface area contributed by atoms with Gasteiger partial charge in [0.15, 0.2) is 0 Å². The number of piperidine rings is 2. The third-order valence-electron chi connectivity index (χ3n) is 7.44. The molecule has 11 heteroatoms. The number of amides is 3. The van der Waals surface area contributed by atoms with Crippen molar-refractivity contribution in [3.8, 4) is 0 Å². The number of morpholine rings is 1. The largest absolute Gasteiger partial charge is 0.375 e. The number of urea groups is 1. The number of nitrogens with zero attached hydrogens (tertiary/aromatic N) is 2. The molecule has 4 heterocycles. The fraction of sp³-hybridized carbons (Fsp3) is 0.652. The summed E-state index contributed by atoms with van der Waals surface area (Å²) in [6.45, 7) is 3.25. The van der Waals surface area contributed by atoms with E-state index in [1.165, 1.54) is 0 Å². The van der Waals surface area contributed by atoms with Gasteiger partial charge in [0.1, 0.15) is 6.61 Å². The van der Waals surface area contributed by atoms with E-state index >= 15 is 0 Å². The lowest BCUT2D eigenvalue weighted by molar-refractivity contribution is -0.139. The number of carbonyl (C=O) groups excluding carboxylic acids is 2. The first kappa shape index (κ1) is 23.5. The minimum absolute atomic E-state index is 0.00158. The third kappa shape index (κ3) is 4.93. The number of benzene rings is 1. The summed E-state index contributed by atoms with van der Waals surface area (Å²) in [5.41, 5.74) is -0.294. The number of carbonyl (C=O) groups is 2. The van der Waals surface area contributed by atoms with Gasteiger partial charge in [-0.3, -0.25) is 4.79 Å². The van der Waals surface area contributed by atoms with Crippen LogP contribution in [-0.4, -0.2) is 93.8 Å². The van der Waals surface area contributed by atoms with Gasteiger partial charge in [0.25, 0.3) is 0 Å². The Bertz CT molecular complexity index is 1010. The van der Waals surface area contributed by atoms with E-state index in [0.717, 1.165) is 25.7 Å². The molecule has 4 saturated heterocycles. The molecule has 1 aromatic carbocycles. The van der Waals surface area contributed by atoms with Crippen LogP contribution in [0.4, 0.5) is 4.79 Å². The molecule has 0 aliphatic carbocycles. The van der Waals surface area contributed by atoms with E-state index in [2.05, 4.69) is 10.0 Å². The smallest absolute Gasteiger partial charge is 0.320 e. The molecule has 34 heavy (non-hydrogen) atoms. The molecular weight excluding hydrogens is 460 g/mol. The number of hydrogen-bond acceptors (Lipinski definition) is 6. The minimum atomic E-state index is -3.53. The van der Waals surface area contributed by atoms with Crippen LogP contribution in [0, 0.1) is 5.92 Å². The zero-order chi connectivity index (χ0) is 23.8. The first-order chi connectivity index (χ1) is 16.3. The molecule has 1 spiro atoms. The van der Waals surface area contributed by atoms with Crippen LogP contribution >= 0.6 is 0 Å². The van der Waals surface area contributed by atoms with Crippen LogP contribution in [0.15, 0.2) is 35.2 Å². The number of rotatable bonds is 4. The van der Waals surface area contributed by atoms with Gasteiger partial charge in [0.05, 0.1) is 29.2 Å². The molecule has 3 atom stereocenters. The monoisotopic (exact) mass is 492 g/mol. The van der Waals surface area contributed by atoms with E-state index < -0.39 is 10.0 Å². The van der Waals surface area contributed by atoms with Gasteiger partial charge in [0.2, 0.25) is 15.9 Å². The standard InChI is InChI=1S/C23H32N4O6S/c28-21-16-32-20-6-9-27(14-19(20)25-21)22(29)26-10-7-23(8-11-26)12-17(15-33-23)13-24-34(30,31)18-4-2-1-3-5-18/h1-5,17,19-20,24H,6-16H2,(H,25,28)/t17-,19-,20+/m1/s1. The Morgan fingerprint density at radius 3 is 2.68 bits per heavy atom. The summed E-state index contributed by atoms with van der Waals surface area (Å²) in [4.78, 5) is 28.7. The summed E-state index contributed by atoms with van der Waals surface area (Å²) in [5.74, 6) is -0.0239. The molecular formula is C23H32N4O6S.